The summed E-state index contributed by atoms with van der Waals surface area (Å²) in [5.41, 5.74) is 1.18. The SMILES string of the molecule is COCCNCc1ccc(Cl)cc1Sc1ncnn1C. The quantitative estimate of drug-likeness (QED) is 0.795. The number of benzene rings is 1. The molecule has 1 aromatic carbocycles. The predicted octanol–water partition coefficient (Wildman–Crippen LogP) is 2.36. The molecule has 0 aliphatic carbocycles. The minimum absolute atomic E-state index is 0.694. The van der Waals surface area contributed by atoms with Crippen molar-refractivity contribution in [3.8, 4) is 0 Å². The third-order valence-corrected chi connectivity index (χ3v) is 4.09. The van der Waals surface area contributed by atoms with E-state index in [4.69, 9.17) is 16.3 Å². The number of aryl methyl sites for hydroxylation is 1. The standard InChI is InChI=1S/C13H17ClN4OS/c1-18-13(16-9-17-18)20-12-7-11(14)4-3-10(12)8-15-5-6-19-2/h3-4,7,9,15H,5-6,8H2,1-2H3. The van der Waals surface area contributed by atoms with E-state index in [0.717, 1.165) is 28.2 Å². The summed E-state index contributed by atoms with van der Waals surface area (Å²) in [7, 11) is 3.57. The first kappa shape index (κ1) is 15.3. The molecule has 0 fully saturated rings. The first-order chi connectivity index (χ1) is 9.70. The number of nitrogens with one attached hydrogen (secondary N) is 1. The molecular formula is C13H17ClN4OS. The molecule has 0 aliphatic heterocycles. The number of hydrogen-bond donors (Lipinski definition) is 1. The van der Waals surface area contributed by atoms with Crippen molar-refractivity contribution in [3.05, 3.63) is 35.1 Å². The number of hydrogen-bond acceptors (Lipinski definition) is 5. The summed E-state index contributed by atoms with van der Waals surface area (Å²) in [6.45, 7) is 2.27. The molecule has 1 N–H and O–H groups in total. The van der Waals surface area contributed by atoms with Gasteiger partial charge in [0.05, 0.1) is 6.61 Å². The molecule has 20 heavy (non-hydrogen) atoms. The van der Waals surface area contributed by atoms with Crippen molar-refractivity contribution in [1.82, 2.24) is 20.1 Å². The maximum absolute atomic E-state index is 6.08. The van der Waals surface area contributed by atoms with Crippen molar-refractivity contribution in [2.45, 2.75) is 16.6 Å². The smallest absolute Gasteiger partial charge is 0.190 e. The molecule has 5 nitrogen and oxygen atoms in total. The van der Waals surface area contributed by atoms with Gasteiger partial charge in [0, 0.05) is 37.2 Å². The number of methoxy groups -OCH3 is 1. The molecule has 1 heterocycles. The summed E-state index contributed by atoms with van der Waals surface area (Å²) in [5.74, 6) is 0. The molecule has 108 valence electrons. The van der Waals surface area contributed by atoms with Crippen LogP contribution in [0.25, 0.3) is 0 Å². The Hall–Kier alpha value is -1.08. The summed E-state index contributed by atoms with van der Waals surface area (Å²) in [4.78, 5) is 5.30. The van der Waals surface area contributed by atoms with Crippen LogP contribution in [0.4, 0.5) is 0 Å². The molecule has 0 atom stereocenters. The van der Waals surface area contributed by atoms with Crippen LogP contribution in [0.2, 0.25) is 5.02 Å². The van der Waals surface area contributed by atoms with E-state index < -0.39 is 0 Å². The van der Waals surface area contributed by atoms with Crippen LogP contribution in [-0.4, -0.2) is 35.0 Å². The van der Waals surface area contributed by atoms with Gasteiger partial charge >= 0.3 is 0 Å². The van der Waals surface area contributed by atoms with Crippen LogP contribution in [-0.2, 0) is 18.3 Å². The monoisotopic (exact) mass is 312 g/mol. The fourth-order valence-electron chi connectivity index (χ4n) is 1.64. The fraction of sp³-hybridized carbons (Fsp3) is 0.385. The van der Waals surface area contributed by atoms with Crippen molar-refractivity contribution in [2.75, 3.05) is 20.3 Å². The van der Waals surface area contributed by atoms with Crippen LogP contribution >= 0.6 is 23.4 Å². The second-order valence-corrected chi connectivity index (χ2v) is 5.64. The highest BCUT2D eigenvalue weighted by atomic mass is 35.5. The van der Waals surface area contributed by atoms with Crippen LogP contribution in [0.3, 0.4) is 0 Å². The minimum atomic E-state index is 0.694. The molecule has 0 spiro atoms. The van der Waals surface area contributed by atoms with Gasteiger partial charge in [0.1, 0.15) is 6.33 Å². The molecule has 0 aliphatic rings. The van der Waals surface area contributed by atoms with Crippen molar-refractivity contribution in [1.29, 1.82) is 0 Å². The second kappa shape index (κ2) is 7.64. The van der Waals surface area contributed by atoms with Crippen LogP contribution in [0.5, 0.6) is 0 Å². The van der Waals surface area contributed by atoms with Gasteiger partial charge in [0.15, 0.2) is 5.16 Å². The molecule has 0 saturated carbocycles. The summed E-state index contributed by atoms with van der Waals surface area (Å²) in [6, 6.07) is 5.88. The fourth-order valence-corrected chi connectivity index (χ4v) is 2.81. The number of halogens is 1. The second-order valence-electron chi connectivity index (χ2n) is 4.19. The molecule has 2 rings (SSSR count). The Balaban J connectivity index is 2.09. The largest absolute Gasteiger partial charge is 0.383 e. The van der Waals surface area contributed by atoms with Gasteiger partial charge in [0.2, 0.25) is 0 Å². The van der Waals surface area contributed by atoms with Gasteiger partial charge in [0.25, 0.3) is 0 Å². The van der Waals surface area contributed by atoms with E-state index in [2.05, 4.69) is 15.4 Å². The van der Waals surface area contributed by atoms with Gasteiger partial charge in [-0.3, -0.25) is 0 Å². The van der Waals surface area contributed by atoms with Crippen LogP contribution < -0.4 is 5.32 Å². The van der Waals surface area contributed by atoms with Gasteiger partial charge in [-0.2, -0.15) is 5.10 Å². The highest BCUT2D eigenvalue weighted by molar-refractivity contribution is 7.99. The lowest BCUT2D eigenvalue weighted by molar-refractivity contribution is 0.199. The lowest BCUT2D eigenvalue weighted by atomic mass is 10.2. The number of nitrogens with zero attached hydrogens (tertiary/aromatic N) is 3. The zero-order chi connectivity index (χ0) is 14.4. The average Bonchev–Trinajstić information content (AvgIpc) is 2.82. The maximum Gasteiger partial charge on any atom is 0.190 e. The third-order valence-electron chi connectivity index (χ3n) is 2.70. The molecule has 0 unspecified atom stereocenters. The Morgan fingerprint density at radius 3 is 3.00 bits per heavy atom. The van der Waals surface area contributed by atoms with Crippen LogP contribution in [0.15, 0.2) is 34.6 Å². The van der Waals surface area contributed by atoms with Gasteiger partial charge in [-0.15, -0.1) is 0 Å². The van der Waals surface area contributed by atoms with Gasteiger partial charge < -0.3 is 10.1 Å². The Morgan fingerprint density at radius 2 is 2.30 bits per heavy atom. The van der Waals surface area contributed by atoms with E-state index in [0.29, 0.717) is 6.61 Å². The summed E-state index contributed by atoms with van der Waals surface area (Å²) >= 11 is 7.64. The lowest BCUT2D eigenvalue weighted by Crippen LogP contribution is -2.18. The first-order valence-corrected chi connectivity index (χ1v) is 7.40. The maximum atomic E-state index is 6.08. The van der Waals surface area contributed by atoms with Crippen LogP contribution in [0.1, 0.15) is 5.56 Å². The normalized spacial score (nSPS) is 10.9. The van der Waals surface area contributed by atoms with E-state index in [9.17, 15) is 0 Å². The molecule has 2 aromatic rings. The number of rotatable bonds is 7. The van der Waals surface area contributed by atoms with Gasteiger partial charge in [-0.1, -0.05) is 17.7 Å². The van der Waals surface area contributed by atoms with E-state index in [1.807, 2.05) is 25.2 Å². The predicted molar refractivity (Wildman–Crippen MR) is 80.2 cm³/mol. The van der Waals surface area contributed by atoms with E-state index in [-0.39, 0.29) is 0 Å². The van der Waals surface area contributed by atoms with E-state index in [1.165, 1.54) is 5.56 Å². The summed E-state index contributed by atoms with van der Waals surface area (Å²) in [5, 5.41) is 8.96. The highest BCUT2D eigenvalue weighted by Gasteiger charge is 2.09. The molecule has 0 amide bonds. The lowest BCUT2D eigenvalue weighted by Gasteiger charge is -2.10. The number of aromatic nitrogens is 3. The minimum Gasteiger partial charge on any atom is -0.383 e. The Kier molecular flexibility index (Phi) is 5.85. The molecule has 0 radical (unpaired) electrons. The van der Waals surface area contributed by atoms with Crippen molar-refractivity contribution in [3.63, 3.8) is 0 Å². The Bertz CT molecular complexity index is 561. The van der Waals surface area contributed by atoms with Crippen molar-refractivity contribution < 1.29 is 4.74 Å². The Morgan fingerprint density at radius 1 is 1.45 bits per heavy atom. The topological polar surface area (TPSA) is 52.0 Å². The molecule has 0 bridgehead atoms. The highest BCUT2D eigenvalue weighted by Crippen LogP contribution is 2.30. The molecule has 0 saturated heterocycles. The Labute approximate surface area is 127 Å². The summed E-state index contributed by atoms with van der Waals surface area (Å²) in [6.07, 6.45) is 1.55. The van der Waals surface area contributed by atoms with Crippen molar-refractivity contribution in [2.24, 2.45) is 7.05 Å². The van der Waals surface area contributed by atoms with Gasteiger partial charge in [-0.05, 0) is 29.5 Å². The molecule has 1 aromatic heterocycles. The van der Waals surface area contributed by atoms with E-state index >= 15 is 0 Å². The summed E-state index contributed by atoms with van der Waals surface area (Å²) < 4.78 is 6.76. The first-order valence-electron chi connectivity index (χ1n) is 6.20. The number of ether oxygens (including phenoxy) is 1. The molecule has 7 heteroatoms. The zero-order valence-corrected chi connectivity index (χ0v) is 13.0. The van der Waals surface area contributed by atoms with Crippen molar-refractivity contribution >= 4 is 23.4 Å². The van der Waals surface area contributed by atoms with Gasteiger partial charge in [-0.25, -0.2) is 9.67 Å². The zero-order valence-electron chi connectivity index (χ0n) is 11.5. The van der Waals surface area contributed by atoms with E-state index in [1.54, 1.807) is 29.9 Å². The average molecular weight is 313 g/mol. The van der Waals surface area contributed by atoms with Crippen LogP contribution in [0, 0.1) is 0 Å². The molecular weight excluding hydrogens is 296 g/mol. The third kappa shape index (κ3) is 4.21.